The Morgan fingerprint density at radius 2 is 1.24 bits per heavy atom. The van der Waals surface area contributed by atoms with Gasteiger partial charge in [-0.3, -0.25) is 23.5 Å². The zero-order chi connectivity index (χ0) is 42.1. The number of ether oxygens (including phenoxy) is 2. The fourth-order valence-corrected chi connectivity index (χ4v) is 11.0. The lowest BCUT2D eigenvalue weighted by Gasteiger charge is -2.21. The predicted octanol–water partition coefficient (Wildman–Crippen LogP) is 6.54. The molecular weight excluding hydrogens is 856 g/mol. The molecule has 3 N–H and O–H groups in total. The smallest absolute Gasteiger partial charge is 0.335 e. The monoisotopic (exact) mass is 888 g/mol. The van der Waals surface area contributed by atoms with Crippen LogP contribution in [0, 0.1) is 6.92 Å². The number of nitrogens with zero attached hydrogens (tertiary/aromatic N) is 3. The van der Waals surface area contributed by atoms with Crippen LogP contribution in [0.2, 0.25) is 10.0 Å². The van der Waals surface area contributed by atoms with Gasteiger partial charge < -0.3 is 19.7 Å². The quantitative estimate of drug-likeness (QED) is 0.129. The highest BCUT2D eigenvalue weighted by Crippen LogP contribution is 2.39. The third-order valence-corrected chi connectivity index (χ3v) is 14.3. The fourth-order valence-electron chi connectivity index (χ4n) is 6.37. The van der Waals surface area contributed by atoms with E-state index in [2.05, 4.69) is 10.3 Å². The van der Waals surface area contributed by atoms with Crippen molar-refractivity contribution in [2.24, 2.45) is 0 Å². The highest BCUT2D eigenvalue weighted by molar-refractivity contribution is 7.93. The Kier molecular flexibility index (Phi) is 12.2. The van der Waals surface area contributed by atoms with Gasteiger partial charge in [-0.25, -0.2) is 26.6 Å². The Labute approximate surface area is 347 Å². The van der Waals surface area contributed by atoms with Gasteiger partial charge in [0.2, 0.25) is 0 Å². The summed E-state index contributed by atoms with van der Waals surface area (Å²) in [6.07, 6.45) is 0.762. The van der Waals surface area contributed by atoms with Crippen molar-refractivity contribution >= 4 is 88.9 Å². The number of nitrogens with one attached hydrogen (secondary N) is 1. The van der Waals surface area contributed by atoms with E-state index in [1.54, 1.807) is 37.3 Å². The molecule has 0 fully saturated rings. The maximum absolute atomic E-state index is 13.5. The molecule has 4 aromatic carbocycles. The van der Waals surface area contributed by atoms with E-state index in [0.29, 0.717) is 34.8 Å². The summed E-state index contributed by atoms with van der Waals surface area (Å²) in [6.45, 7) is 2.17. The Morgan fingerprint density at radius 1 is 0.759 bits per heavy atom. The Bertz CT molecular complexity index is 2690. The summed E-state index contributed by atoms with van der Waals surface area (Å²) in [5, 5.41) is 21.6. The molecule has 3 heterocycles. The molecule has 7 rings (SSSR count). The molecule has 1 aromatic heterocycles. The van der Waals surface area contributed by atoms with Crippen LogP contribution in [-0.2, 0) is 44.1 Å². The summed E-state index contributed by atoms with van der Waals surface area (Å²) in [6, 6.07) is 18.1. The molecule has 2 aliphatic heterocycles. The third kappa shape index (κ3) is 8.56. The molecular formula is C38H34Cl2N4O11S3. The van der Waals surface area contributed by atoms with Crippen molar-refractivity contribution in [2.45, 2.75) is 36.0 Å². The van der Waals surface area contributed by atoms with Crippen molar-refractivity contribution < 1.29 is 50.9 Å². The predicted molar refractivity (Wildman–Crippen MR) is 218 cm³/mol. The van der Waals surface area contributed by atoms with Gasteiger partial charge >= 0.3 is 11.9 Å². The van der Waals surface area contributed by atoms with Gasteiger partial charge in [-0.05, 0) is 91.6 Å². The second-order valence-electron chi connectivity index (χ2n) is 12.8. The minimum absolute atomic E-state index is 0.0360. The van der Waals surface area contributed by atoms with Crippen LogP contribution in [0.5, 0.6) is 11.5 Å². The molecule has 304 valence electrons. The number of carboxylic acid groups (broad SMARTS) is 2. The van der Waals surface area contributed by atoms with E-state index in [0.717, 1.165) is 11.1 Å². The van der Waals surface area contributed by atoms with Gasteiger partial charge in [-0.2, -0.15) is 0 Å². The highest BCUT2D eigenvalue weighted by Gasteiger charge is 2.35. The minimum Gasteiger partial charge on any atom is -0.495 e. The first-order chi connectivity index (χ1) is 27.4. The number of hydrogen-bond acceptors (Lipinski definition) is 11. The van der Waals surface area contributed by atoms with E-state index in [9.17, 15) is 31.2 Å². The van der Waals surface area contributed by atoms with E-state index >= 15 is 0 Å². The van der Waals surface area contributed by atoms with E-state index < -0.39 is 37.9 Å². The lowest BCUT2D eigenvalue weighted by atomic mass is 10.1. The normalized spacial score (nSPS) is 13.3. The lowest BCUT2D eigenvalue weighted by Crippen LogP contribution is -2.29. The minimum atomic E-state index is -4.01. The van der Waals surface area contributed by atoms with Crippen LogP contribution in [0.4, 0.5) is 16.5 Å². The molecule has 5 aromatic rings. The van der Waals surface area contributed by atoms with Crippen molar-refractivity contribution in [3.05, 3.63) is 116 Å². The van der Waals surface area contributed by atoms with Gasteiger partial charge in [-0.1, -0.05) is 35.3 Å². The number of carbonyl (C=O) groups is 3. The number of carboxylic acids is 2. The molecule has 15 nitrogen and oxygen atoms in total. The summed E-state index contributed by atoms with van der Waals surface area (Å²) >= 11 is 13.2. The molecule has 0 atom stereocenters. The number of aryl methyl sites for hydroxylation is 1. The van der Waals surface area contributed by atoms with Gasteiger partial charge in [0.1, 0.15) is 21.3 Å². The number of carbonyl (C=O) groups excluding carboxylic acids is 1. The first-order valence-electron chi connectivity index (χ1n) is 17.2. The van der Waals surface area contributed by atoms with Gasteiger partial charge in [0.15, 0.2) is 5.13 Å². The Hall–Kier alpha value is -5.40. The summed E-state index contributed by atoms with van der Waals surface area (Å²) in [5.41, 5.74) is 3.00. The number of hydrogen-bond donors (Lipinski definition) is 3. The molecule has 0 saturated heterocycles. The van der Waals surface area contributed by atoms with Crippen LogP contribution in [0.1, 0.15) is 42.4 Å². The standard InChI is InChI=1S/C22H20ClN3O6S2.C16H14ClNO5S/c1-12-16(11-20(27)28)24-22(33-12)25-21(29)14-4-3-13-7-8-26(17(13)9-14)34(30,31)19-10-15(23)5-6-18(19)32-2;1-23-14-5-4-12(17)9-15(14)24(21,22)18-7-6-10-2-3-11(16(19)20)8-13(10)18/h3-6,9-10H,7-8,11H2,1-2H3,(H,27,28)(H,24,25,29);2-5,8-9H,6-7H2,1H3,(H,19,20). The SMILES string of the molecule is COc1ccc(Cl)cc1S(=O)(=O)N1CCc2ccc(C(=O)Nc3nc(CC(=O)O)c(C)s3)cc21.COc1ccc(Cl)cc1S(=O)(=O)N1CCc2ccc(C(=O)O)cc21. The molecule has 20 heteroatoms. The molecule has 0 saturated carbocycles. The van der Waals surface area contributed by atoms with Gasteiger partial charge in [0.05, 0.1) is 43.3 Å². The summed E-state index contributed by atoms with van der Waals surface area (Å²) in [5.74, 6) is -2.25. The number of anilines is 3. The number of fused-ring (bicyclic) bond motifs is 2. The van der Waals surface area contributed by atoms with Crippen LogP contribution in [0.15, 0.2) is 82.6 Å². The van der Waals surface area contributed by atoms with Crippen molar-refractivity contribution in [3.8, 4) is 11.5 Å². The summed E-state index contributed by atoms with van der Waals surface area (Å²) in [4.78, 5) is 39.8. The van der Waals surface area contributed by atoms with Gasteiger partial charge in [0, 0.05) is 33.6 Å². The number of thiazole rings is 1. The lowest BCUT2D eigenvalue weighted by molar-refractivity contribution is -0.136. The van der Waals surface area contributed by atoms with Crippen molar-refractivity contribution in [1.29, 1.82) is 0 Å². The maximum Gasteiger partial charge on any atom is 0.335 e. The van der Waals surface area contributed by atoms with Crippen molar-refractivity contribution in [2.75, 3.05) is 41.2 Å². The van der Waals surface area contributed by atoms with Gasteiger partial charge in [0.25, 0.3) is 26.0 Å². The Balaban J connectivity index is 0.000000208. The molecule has 0 bridgehead atoms. The molecule has 58 heavy (non-hydrogen) atoms. The van der Waals surface area contributed by atoms with Crippen LogP contribution < -0.4 is 23.4 Å². The first kappa shape index (κ1) is 42.2. The second-order valence-corrected chi connectivity index (χ2v) is 18.5. The number of aromatic carboxylic acids is 1. The number of benzene rings is 4. The molecule has 0 unspecified atom stereocenters. The van der Waals surface area contributed by atoms with Crippen LogP contribution >= 0.6 is 34.5 Å². The van der Waals surface area contributed by atoms with E-state index in [-0.39, 0.29) is 67.1 Å². The number of rotatable bonds is 11. The maximum atomic E-state index is 13.5. The summed E-state index contributed by atoms with van der Waals surface area (Å²) < 4.78 is 65.8. The summed E-state index contributed by atoms with van der Waals surface area (Å²) in [7, 11) is -5.18. The highest BCUT2D eigenvalue weighted by atomic mass is 35.5. The molecule has 2 aliphatic rings. The number of amides is 1. The third-order valence-electron chi connectivity index (χ3n) is 9.20. The number of halogens is 2. The number of aromatic nitrogens is 1. The Morgan fingerprint density at radius 3 is 1.71 bits per heavy atom. The van der Waals surface area contributed by atoms with Crippen molar-refractivity contribution in [3.63, 3.8) is 0 Å². The van der Waals surface area contributed by atoms with Crippen LogP contribution in [-0.4, -0.2) is 77.2 Å². The molecule has 0 spiro atoms. The first-order valence-corrected chi connectivity index (χ1v) is 21.6. The number of sulfonamides is 2. The molecule has 0 radical (unpaired) electrons. The average molecular weight is 890 g/mol. The zero-order valence-electron chi connectivity index (χ0n) is 30.9. The second kappa shape index (κ2) is 16.8. The molecule has 0 aliphatic carbocycles. The number of methoxy groups -OCH3 is 2. The number of aliphatic carboxylic acids is 1. The average Bonchev–Trinajstić information content (AvgIpc) is 3.91. The van der Waals surface area contributed by atoms with E-state index in [1.807, 2.05) is 0 Å². The van der Waals surface area contributed by atoms with Crippen molar-refractivity contribution in [1.82, 2.24) is 4.98 Å². The zero-order valence-corrected chi connectivity index (χ0v) is 34.8. The molecule has 1 amide bonds. The van der Waals surface area contributed by atoms with Crippen LogP contribution in [0.3, 0.4) is 0 Å². The van der Waals surface area contributed by atoms with E-state index in [4.69, 9.17) is 42.9 Å². The van der Waals surface area contributed by atoms with E-state index in [1.165, 1.54) is 76.6 Å². The largest absolute Gasteiger partial charge is 0.495 e. The topological polar surface area (TPSA) is 210 Å². The van der Waals surface area contributed by atoms with Crippen LogP contribution in [0.25, 0.3) is 0 Å². The van der Waals surface area contributed by atoms with Gasteiger partial charge in [-0.15, -0.1) is 11.3 Å². The fraction of sp³-hybridized carbons (Fsp3) is 0.211.